The second-order valence-electron chi connectivity index (χ2n) is 13.2. The lowest BCUT2D eigenvalue weighted by Crippen LogP contribution is -2.39. The molecule has 2 heteroatoms. The average Bonchev–Trinajstić information content (AvgIpc) is 3.35. The Labute approximate surface area is 254 Å². The molecule has 1 unspecified atom stereocenters. The van der Waals surface area contributed by atoms with Gasteiger partial charge in [-0.2, -0.15) is 0 Å². The van der Waals surface area contributed by atoms with Gasteiger partial charge in [-0.05, 0) is 25.7 Å². The predicted octanol–water partition coefficient (Wildman–Crippen LogP) is 13.2. The minimum absolute atomic E-state index is 0.641. The Bertz CT molecular complexity index is 516. The second-order valence-corrected chi connectivity index (χ2v) is 13.2. The third-order valence-corrected chi connectivity index (χ3v) is 9.32. The van der Waals surface area contributed by atoms with E-state index in [0.717, 1.165) is 0 Å². The van der Waals surface area contributed by atoms with E-state index in [1.807, 2.05) is 0 Å². The average molecular weight is 561 g/mol. The highest BCUT2D eigenvalue weighted by molar-refractivity contribution is 4.97. The third-order valence-electron chi connectivity index (χ3n) is 9.32. The van der Waals surface area contributed by atoms with Crippen LogP contribution < -0.4 is 0 Å². The molecule has 0 bridgehead atoms. The summed E-state index contributed by atoms with van der Waals surface area (Å²) < 4.78 is 0. The van der Waals surface area contributed by atoms with Gasteiger partial charge in [-0.1, -0.05) is 188 Å². The lowest BCUT2D eigenvalue weighted by Gasteiger charge is -2.33. The van der Waals surface area contributed by atoms with E-state index in [4.69, 9.17) is 0 Å². The van der Waals surface area contributed by atoms with Gasteiger partial charge in [-0.25, -0.2) is 0 Å². The van der Waals surface area contributed by atoms with E-state index >= 15 is 0 Å². The molecule has 0 aliphatic carbocycles. The molecule has 238 valence electrons. The Morgan fingerprint density at radius 3 is 0.875 bits per heavy atom. The number of hydrogen-bond donors (Lipinski definition) is 0. The zero-order chi connectivity index (χ0) is 28.8. The van der Waals surface area contributed by atoms with Crippen LogP contribution in [0, 0.1) is 0 Å². The molecule has 1 heterocycles. The Morgan fingerprint density at radius 1 is 0.325 bits per heavy atom. The minimum Gasteiger partial charge on any atom is -0.356 e. The highest BCUT2D eigenvalue weighted by Gasteiger charge is 2.24. The molecule has 0 saturated carbocycles. The second kappa shape index (κ2) is 29.8. The first kappa shape index (κ1) is 37.4. The molecule has 0 N–H and O–H groups in total. The molecule has 0 saturated heterocycles. The monoisotopic (exact) mass is 561 g/mol. The SMILES string of the molecule is CCCCCCCCCCCCCCCCCC1N(CCCCCCCC)C=CN1CCCCCCCCCC. The normalized spacial score (nSPS) is 15.1. The van der Waals surface area contributed by atoms with Crippen LogP contribution in [0.1, 0.15) is 213 Å². The van der Waals surface area contributed by atoms with Gasteiger partial charge in [-0.15, -0.1) is 0 Å². The van der Waals surface area contributed by atoms with Crippen molar-refractivity contribution in [3.63, 3.8) is 0 Å². The maximum atomic E-state index is 2.71. The summed E-state index contributed by atoms with van der Waals surface area (Å²) in [5.74, 6) is 0. The van der Waals surface area contributed by atoms with Crippen LogP contribution in [-0.4, -0.2) is 29.1 Å². The molecule has 0 spiro atoms. The molecule has 1 aliphatic heterocycles. The number of unbranched alkanes of at least 4 members (excludes halogenated alkanes) is 26. The minimum atomic E-state index is 0.641. The first-order valence-electron chi connectivity index (χ1n) is 19.0. The van der Waals surface area contributed by atoms with Crippen LogP contribution in [0.2, 0.25) is 0 Å². The van der Waals surface area contributed by atoms with Crippen molar-refractivity contribution in [1.29, 1.82) is 0 Å². The first-order valence-corrected chi connectivity index (χ1v) is 19.0. The smallest absolute Gasteiger partial charge is 0.101 e. The lowest BCUT2D eigenvalue weighted by molar-refractivity contribution is 0.135. The van der Waals surface area contributed by atoms with E-state index < -0.39 is 0 Å². The van der Waals surface area contributed by atoms with Crippen molar-refractivity contribution >= 4 is 0 Å². The standard InChI is InChI=1S/C38H76N2/c1-4-7-10-13-16-18-19-20-21-22-23-24-25-27-30-33-38-39(34-31-28-15-12-9-6-3)36-37-40(38)35-32-29-26-17-14-11-8-5-2/h36-38H,4-35H2,1-3H3. The summed E-state index contributed by atoms with van der Waals surface area (Å²) in [7, 11) is 0. The molecule has 0 amide bonds. The Hall–Kier alpha value is -0.660. The molecule has 0 fully saturated rings. The van der Waals surface area contributed by atoms with Gasteiger partial charge < -0.3 is 9.80 Å². The third kappa shape index (κ3) is 22.0. The molecule has 1 rings (SSSR count). The summed E-state index contributed by atoms with van der Waals surface area (Å²) in [5, 5.41) is 0. The summed E-state index contributed by atoms with van der Waals surface area (Å²) >= 11 is 0. The molecule has 1 atom stereocenters. The van der Waals surface area contributed by atoms with Crippen LogP contribution in [0.5, 0.6) is 0 Å². The summed E-state index contributed by atoms with van der Waals surface area (Å²) in [6.45, 7) is 9.47. The van der Waals surface area contributed by atoms with Crippen molar-refractivity contribution in [1.82, 2.24) is 9.80 Å². The van der Waals surface area contributed by atoms with Crippen molar-refractivity contribution in [2.75, 3.05) is 13.1 Å². The molecule has 1 aliphatic rings. The molecule has 0 aromatic carbocycles. The van der Waals surface area contributed by atoms with Crippen LogP contribution >= 0.6 is 0 Å². The van der Waals surface area contributed by atoms with Gasteiger partial charge in [0.15, 0.2) is 0 Å². The van der Waals surface area contributed by atoms with Crippen molar-refractivity contribution in [3.05, 3.63) is 12.4 Å². The molecule has 40 heavy (non-hydrogen) atoms. The molecule has 2 nitrogen and oxygen atoms in total. The van der Waals surface area contributed by atoms with Crippen molar-refractivity contribution in [2.45, 2.75) is 220 Å². The van der Waals surface area contributed by atoms with Crippen molar-refractivity contribution in [3.8, 4) is 0 Å². The van der Waals surface area contributed by atoms with Crippen LogP contribution in [0.25, 0.3) is 0 Å². The molecule has 0 radical (unpaired) electrons. The van der Waals surface area contributed by atoms with E-state index in [-0.39, 0.29) is 0 Å². The van der Waals surface area contributed by atoms with Gasteiger partial charge in [-0.3, -0.25) is 0 Å². The predicted molar refractivity (Wildman–Crippen MR) is 182 cm³/mol. The largest absolute Gasteiger partial charge is 0.356 e. The van der Waals surface area contributed by atoms with Crippen LogP contribution in [0.3, 0.4) is 0 Å². The van der Waals surface area contributed by atoms with Crippen LogP contribution in [0.15, 0.2) is 12.4 Å². The lowest BCUT2D eigenvalue weighted by atomic mass is 10.0. The highest BCUT2D eigenvalue weighted by Crippen LogP contribution is 2.24. The fraction of sp³-hybridized carbons (Fsp3) is 0.947. The van der Waals surface area contributed by atoms with Gasteiger partial charge in [0.25, 0.3) is 0 Å². The molecular weight excluding hydrogens is 484 g/mol. The van der Waals surface area contributed by atoms with Gasteiger partial charge >= 0.3 is 0 Å². The summed E-state index contributed by atoms with van der Waals surface area (Å²) in [6.07, 6.45) is 48.5. The van der Waals surface area contributed by atoms with E-state index in [9.17, 15) is 0 Å². The fourth-order valence-corrected chi connectivity index (χ4v) is 6.54. The highest BCUT2D eigenvalue weighted by atomic mass is 15.4. The zero-order valence-electron chi connectivity index (χ0n) is 28.3. The van der Waals surface area contributed by atoms with Gasteiger partial charge in [0.2, 0.25) is 0 Å². The zero-order valence-corrected chi connectivity index (χ0v) is 28.3. The first-order chi connectivity index (χ1) is 19.8. The fourth-order valence-electron chi connectivity index (χ4n) is 6.54. The van der Waals surface area contributed by atoms with Crippen LogP contribution in [0.4, 0.5) is 0 Å². The van der Waals surface area contributed by atoms with E-state index in [1.54, 1.807) is 0 Å². The Balaban J connectivity index is 2.16. The van der Waals surface area contributed by atoms with Gasteiger partial charge in [0, 0.05) is 25.5 Å². The van der Waals surface area contributed by atoms with E-state index in [1.165, 1.54) is 206 Å². The van der Waals surface area contributed by atoms with E-state index in [0.29, 0.717) is 6.17 Å². The van der Waals surface area contributed by atoms with Crippen LogP contribution in [-0.2, 0) is 0 Å². The molecule has 0 aromatic heterocycles. The van der Waals surface area contributed by atoms with Crippen molar-refractivity contribution < 1.29 is 0 Å². The number of hydrogen-bond acceptors (Lipinski definition) is 2. The Morgan fingerprint density at radius 2 is 0.575 bits per heavy atom. The maximum Gasteiger partial charge on any atom is 0.101 e. The number of nitrogens with zero attached hydrogens (tertiary/aromatic N) is 2. The Kier molecular flexibility index (Phi) is 27.9. The van der Waals surface area contributed by atoms with Gasteiger partial charge in [0.1, 0.15) is 6.17 Å². The molecular formula is C38H76N2. The van der Waals surface area contributed by atoms with E-state index in [2.05, 4.69) is 43.0 Å². The quantitative estimate of drug-likeness (QED) is 0.0755. The number of rotatable bonds is 32. The molecule has 0 aromatic rings. The topological polar surface area (TPSA) is 6.48 Å². The summed E-state index contributed by atoms with van der Waals surface area (Å²) in [5.41, 5.74) is 0. The van der Waals surface area contributed by atoms with Crippen molar-refractivity contribution in [2.24, 2.45) is 0 Å². The van der Waals surface area contributed by atoms with Gasteiger partial charge in [0.05, 0.1) is 0 Å². The summed E-state index contributed by atoms with van der Waals surface area (Å²) in [6, 6.07) is 0. The maximum absolute atomic E-state index is 2.71. The summed E-state index contributed by atoms with van der Waals surface area (Å²) in [4.78, 5) is 5.41.